The molecule has 1 fully saturated rings. The third-order valence-electron chi connectivity index (χ3n) is 4.64. The Morgan fingerprint density at radius 2 is 1.56 bits per heavy atom. The van der Waals surface area contributed by atoms with Crippen molar-refractivity contribution in [3.63, 3.8) is 0 Å². The fourth-order valence-electron chi connectivity index (χ4n) is 3.44. The highest BCUT2D eigenvalue weighted by atomic mass is 35.5. The summed E-state index contributed by atoms with van der Waals surface area (Å²) in [6.45, 7) is 2.05. The largest absolute Gasteiger partial charge is 0.450 e. The Morgan fingerprint density at radius 3 is 2.36 bits per heavy atom. The van der Waals surface area contributed by atoms with E-state index in [-0.39, 0.29) is 12.4 Å². The summed E-state index contributed by atoms with van der Waals surface area (Å²) in [6, 6.07) is 18.2. The molecule has 0 atom stereocenters. The normalized spacial score (nSPS) is 14.2. The molecule has 0 bridgehead atoms. The molecule has 126 valence electrons. The number of nitrogens with zero attached hydrogens (tertiary/aromatic N) is 3. The molecule has 0 unspecified atom stereocenters. The van der Waals surface area contributed by atoms with E-state index in [1.807, 2.05) is 36.4 Å². The molecule has 1 saturated heterocycles. The molecule has 2 aromatic carbocycles. The molecule has 0 radical (unpaired) electrons. The van der Waals surface area contributed by atoms with Crippen LogP contribution in [-0.4, -0.2) is 23.1 Å². The summed E-state index contributed by atoms with van der Waals surface area (Å²) >= 11 is 0. The molecule has 1 aliphatic heterocycles. The summed E-state index contributed by atoms with van der Waals surface area (Å²) in [4.78, 5) is 12.0. The molecule has 3 heterocycles. The number of furan rings is 1. The Bertz CT molecular complexity index is 1020. The van der Waals surface area contributed by atoms with Crippen molar-refractivity contribution in [2.45, 2.75) is 12.8 Å². The Labute approximate surface area is 151 Å². The van der Waals surface area contributed by atoms with Gasteiger partial charge in [-0.3, -0.25) is 0 Å². The van der Waals surface area contributed by atoms with Crippen molar-refractivity contribution >= 4 is 40.3 Å². The van der Waals surface area contributed by atoms with Crippen LogP contribution in [0.15, 0.2) is 59.0 Å². The van der Waals surface area contributed by atoms with Crippen LogP contribution in [0.3, 0.4) is 0 Å². The Balaban J connectivity index is 0.00000157. The molecule has 1 aliphatic rings. The van der Waals surface area contributed by atoms with Crippen LogP contribution in [0.4, 0.5) is 5.82 Å². The van der Waals surface area contributed by atoms with Crippen molar-refractivity contribution < 1.29 is 4.42 Å². The van der Waals surface area contributed by atoms with Gasteiger partial charge in [-0.15, -0.1) is 12.4 Å². The van der Waals surface area contributed by atoms with E-state index < -0.39 is 0 Å². The second kappa shape index (κ2) is 6.37. The van der Waals surface area contributed by atoms with Gasteiger partial charge in [0, 0.05) is 24.0 Å². The number of rotatable bonds is 2. The summed E-state index contributed by atoms with van der Waals surface area (Å²) in [5.74, 6) is 1.68. The third-order valence-corrected chi connectivity index (χ3v) is 4.64. The molecule has 25 heavy (non-hydrogen) atoms. The predicted molar refractivity (Wildman–Crippen MR) is 103 cm³/mol. The van der Waals surface area contributed by atoms with E-state index in [0.717, 1.165) is 52.4 Å². The number of anilines is 1. The fourth-order valence-corrected chi connectivity index (χ4v) is 3.44. The van der Waals surface area contributed by atoms with E-state index in [1.54, 1.807) is 0 Å². The molecule has 0 N–H and O–H groups in total. The van der Waals surface area contributed by atoms with E-state index in [9.17, 15) is 0 Å². The number of halogens is 1. The van der Waals surface area contributed by atoms with Crippen LogP contribution in [0.25, 0.3) is 33.5 Å². The number of para-hydroxylation sites is 1. The van der Waals surface area contributed by atoms with Crippen molar-refractivity contribution in [1.82, 2.24) is 9.97 Å². The van der Waals surface area contributed by atoms with Crippen LogP contribution in [0.1, 0.15) is 12.8 Å². The lowest BCUT2D eigenvalue weighted by atomic mass is 10.2. The Hall–Kier alpha value is -2.59. The lowest BCUT2D eigenvalue weighted by molar-refractivity contribution is 0.663. The van der Waals surface area contributed by atoms with Gasteiger partial charge in [0.1, 0.15) is 11.1 Å². The van der Waals surface area contributed by atoms with E-state index in [2.05, 4.69) is 23.1 Å². The van der Waals surface area contributed by atoms with Gasteiger partial charge in [0.05, 0.1) is 0 Å². The van der Waals surface area contributed by atoms with Gasteiger partial charge in [-0.25, -0.2) is 9.97 Å². The summed E-state index contributed by atoms with van der Waals surface area (Å²) in [5.41, 5.74) is 3.61. The monoisotopic (exact) mass is 351 g/mol. The van der Waals surface area contributed by atoms with E-state index in [0.29, 0.717) is 0 Å². The number of fused-ring (bicyclic) bond motifs is 3. The SMILES string of the molecule is Cl.c1ccc(-c2nc(N3CCCC3)c3oc4ccccc4c3n2)cc1. The first-order chi connectivity index (χ1) is 11.9. The van der Waals surface area contributed by atoms with E-state index >= 15 is 0 Å². The molecule has 5 rings (SSSR count). The Morgan fingerprint density at radius 1 is 0.840 bits per heavy atom. The first-order valence-electron chi connectivity index (χ1n) is 8.40. The van der Waals surface area contributed by atoms with Crippen LogP contribution in [0.5, 0.6) is 0 Å². The zero-order valence-corrected chi connectivity index (χ0v) is 14.5. The first kappa shape index (κ1) is 15.9. The standard InChI is InChI=1S/C20H17N3O.ClH/c1-2-8-14(9-3-1)19-21-17-15-10-4-5-11-16(15)24-18(17)20(22-19)23-12-6-7-13-23;/h1-5,8-11H,6-7,12-13H2;1H. The molecule has 4 aromatic rings. The van der Waals surface area contributed by atoms with Gasteiger partial charge >= 0.3 is 0 Å². The number of hydrogen-bond acceptors (Lipinski definition) is 4. The number of aromatic nitrogens is 2. The van der Waals surface area contributed by atoms with Gasteiger partial charge in [-0.05, 0) is 25.0 Å². The highest BCUT2D eigenvalue weighted by Gasteiger charge is 2.22. The minimum absolute atomic E-state index is 0. The summed E-state index contributed by atoms with van der Waals surface area (Å²) in [5, 5.41) is 1.05. The second-order valence-corrected chi connectivity index (χ2v) is 6.21. The van der Waals surface area contributed by atoms with Crippen molar-refractivity contribution in [1.29, 1.82) is 0 Å². The van der Waals surface area contributed by atoms with Gasteiger partial charge in [-0.1, -0.05) is 42.5 Å². The number of hydrogen-bond donors (Lipinski definition) is 0. The lowest BCUT2D eigenvalue weighted by Gasteiger charge is -2.17. The summed E-state index contributed by atoms with van der Waals surface area (Å²) < 4.78 is 6.12. The van der Waals surface area contributed by atoms with Crippen LogP contribution in [0.2, 0.25) is 0 Å². The maximum absolute atomic E-state index is 6.12. The van der Waals surface area contributed by atoms with Crippen LogP contribution in [0, 0.1) is 0 Å². The molecule has 0 amide bonds. The molecule has 0 aliphatic carbocycles. The average molecular weight is 352 g/mol. The molecule has 2 aromatic heterocycles. The van der Waals surface area contributed by atoms with Gasteiger partial charge in [0.25, 0.3) is 0 Å². The Kier molecular flexibility index (Phi) is 4.06. The van der Waals surface area contributed by atoms with Crippen molar-refractivity contribution in [3.05, 3.63) is 54.6 Å². The van der Waals surface area contributed by atoms with E-state index in [1.165, 1.54) is 12.8 Å². The van der Waals surface area contributed by atoms with Gasteiger partial charge in [0.15, 0.2) is 17.2 Å². The van der Waals surface area contributed by atoms with Crippen molar-refractivity contribution in [3.8, 4) is 11.4 Å². The maximum atomic E-state index is 6.12. The highest BCUT2D eigenvalue weighted by molar-refractivity contribution is 6.06. The first-order valence-corrected chi connectivity index (χ1v) is 8.40. The topological polar surface area (TPSA) is 42.2 Å². The zero-order valence-electron chi connectivity index (χ0n) is 13.7. The van der Waals surface area contributed by atoms with Crippen LogP contribution >= 0.6 is 12.4 Å². The molecule has 0 spiro atoms. The maximum Gasteiger partial charge on any atom is 0.196 e. The van der Waals surface area contributed by atoms with Gasteiger partial charge < -0.3 is 9.32 Å². The van der Waals surface area contributed by atoms with Gasteiger partial charge in [0.2, 0.25) is 0 Å². The van der Waals surface area contributed by atoms with Crippen molar-refractivity contribution in [2.75, 3.05) is 18.0 Å². The smallest absolute Gasteiger partial charge is 0.196 e. The number of benzene rings is 2. The molecule has 0 saturated carbocycles. The third kappa shape index (κ3) is 2.63. The molecule has 4 nitrogen and oxygen atoms in total. The molecular formula is C20H18ClN3O. The summed E-state index contributed by atoms with van der Waals surface area (Å²) in [7, 11) is 0. The second-order valence-electron chi connectivity index (χ2n) is 6.21. The van der Waals surface area contributed by atoms with Crippen LogP contribution in [-0.2, 0) is 0 Å². The fraction of sp³-hybridized carbons (Fsp3) is 0.200. The zero-order chi connectivity index (χ0) is 15.9. The van der Waals surface area contributed by atoms with E-state index in [4.69, 9.17) is 14.4 Å². The molecule has 5 heteroatoms. The average Bonchev–Trinajstić information content (AvgIpc) is 3.29. The minimum Gasteiger partial charge on any atom is -0.450 e. The van der Waals surface area contributed by atoms with Gasteiger partial charge in [-0.2, -0.15) is 0 Å². The predicted octanol–water partition coefficient (Wildman–Crippen LogP) is 5.07. The van der Waals surface area contributed by atoms with Crippen LogP contribution < -0.4 is 4.90 Å². The summed E-state index contributed by atoms with van der Waals surface area (Å²) in [6.07, 6.45) is 2.40. The minimum atomic E-state index is 0. The van der Waals surface area contributed by atoms with Crippen molar-refractivity contribution in [2.24, 2.45) is 0 Å². The molecular weight excluding hydrogens is 334 g/mol. The highest BCUT2D eigenvalue weighted by Crippen LogP contribution is 2.35. The lowest BCUT2D eigenvalue weighted by Crippen LogP contribution is -2.19. The quantitative estimate of drug-likeness (QED) is 0.506.